The second-order valence-corrected chi connectivity index (χ2v) is 4.48. The summed E-state index contributed by atoms with van der Waals surface area (Å²) in [4.78, 5) is 10.7. The number of ether oxygens (including phenoxy) is 1. The average molecular weight is 185 g/mol. The van der Waals surface area contributed by atoms with Crippen LogP contribution in [-0.2, 0) is 9.53 Å². The summed E-state index contributed by atoms with van der Waals surface area (Å²) in [5, 5.41) is 12.4. The number of hydrogen-bond acceptors (Lipinski definition) is 4. The molecule has 74 valence electrons. The van der Waals surface area contributed by atoms with Crippen molar-refractivity contribution >= 4 is 6.29 Å². The lowest BCUT2D eigenvalue weighted by Crippen LogP contribution is -2.38. The fourth-order valence-electron chi connectivity index (χ4n) is 2.35. The third-order valence-corrected chi connectivity index (χ3v) is 2.87. The highest BCUT2D eigenvalue weighted by Gasteiger charge is 2.52. The Labute approximate surface area is 77.3 Å². The number of aldehydes is 1. The van der Waals surface area contributed by atoms with Crippen molar-refractivity contribution in [3.05, 3.63) is 0 Å². The molecule has 0 saturated carbocycles. The highest BCUT2D eigenvalue weighted by Crippen LogP contribution is 2.40. The maximum absolute atomic E-state index is 10.7. The maximum Gasteiger partial charge on any atom is 0.139 e. The fraction of sp³-hybridized carbons (Fsp3) is 0.889. The largest absolute Gasteiger partial charge is 0.378 e. The van der Waals surface area contributed by atoms with Crippen LogP contribution in [0.5, 0.6) is 0 Å². The van der Waals surface area contributed by atoms with Gasteiger partial charge >= 0.3 is 0 Å². The summed E-state index contributed by atoms with van der Waals surface area (Å²) in [6.45, 7) is 3.97. The Morgan fingerprint density at radius 2 is 2.31 bits per heavy atom. The van der Waals surface area contributed by atoms with Gasteiger partial charge in [-0.25, -0.2) is 0 Å². The Kier molecular flexibility index (Phi) is 1.94. The normalized spacial score (nSPS) is 47.6. The third-order valence-electron chi connectivity index (χ3n) is 2.87. The number of rotatable bonds is 1. The molecule has 0 aliphatic carbocycles. The van der Waals surface area contributed by atoms with Crippen LogP contribution in [0.25, 0.3) is 0 Å². The molecule has 0 bridgehead atoms. The van der Waals surface area contributed by atoms with Crippen molar-refractivity contribution in [3.63, 3.8) is 0 Å². The van der Waals surface area contributed by atoms with Gasteiger partial charge in [-0.05, 0) is 20.3 Å². The number of fused-ring (bicyclic) bond motifs is 1. The minimum atomic E-state index is -0.595. The van der Waals surface area contributed by atoms with Gasteiger partial charge in [0.15, 0.2) is 0 Å². The molecule has 0 aromatic heterocycles. The lowest BCUT2D eigenvalue weighted by atomic mass is 9.94. The average Bonchev–Trinajstić information content (AvgIpc) is 2.47. The molecule has 2 heterocycles. The molecule has 4 atom stereocenters. The Balaban J connectivity index is 2.17. The van der Waals surface area contributed by atoms with E-state index >= 15 is 0 Å². The first-order chi connectivity index (χ1) is 6.03. The molecule has 0 amide bonds. The predicted octanol–water partition coefficient (Wildman–Crippen LogP) is -0.341. The van der Waals surface area contributed by atoms with E-state index in [1.807, 2.05) is 13.8 Å². The van der Waals surface area contributed by atoms with E-state index < -0.39 is 6.23 Å². The Morgan fingerprint density at radius 1 is 1.62 bits per heavy atom. The highest BCUT2D eigenvalue weighted by atomic mass is 16.5. The summed E-state index contributed by atoms with van der Waals surface area (Å²) in [6, 6.07) is -0.346. The molecule has 2 N–H and O–H groups in total. The number of aliphatic hydroxyl groups excluding tert-OH is 1. The van der Waals surface area contributed by atoms with Crippen LogP contribution in [0.4, 0.5) is 0 Å². The van der Waals surface area contributed by atoms with Gasteiger partial charge in [-0.2, -0.15) is 0 Å². The molecule has 0 radical (unpaired) electrons. The molecule has 4 heteroatoms. The van der Waals surface area contributed by atoms with Gasteiger partial charge < -0.3 is 14.6 Å². The maximum atomic E-state index is 10.7. The second-order valence-electron chi connectivity index (χ2n) is 4.48. The second kappa shape index (κ2) is 2.77. The molecule has 0 spiro atoms. The fourth-order valence-corrected chi connectivity index (χ4v) is 2.35. The van der Waals surface area contributed by atoms with Crippen molar-refractivity contribution in [2.45, 2.75) is 44.2 Å². The van der Waals surface area contributed by atoms with Gasteiger partial charge in [-0.15, -0.1) is 0 Å². The zero-order valence-electron chi connectivity index (χ0n) is 7.86. The van der Waals surface area contributed by atoms with Crippen molar-refractivity contribution in [2.75, 3.05) is 0 Å². The first-order valence-corrected chi connectivity index (χ1v) is 4.61. The van der Waals surface area contributed by atoms with Crippen LogP contribution in [-0.4, -0.2) is 35.4 Å². The van der Waals surface area contributed by atoms with Crippen molar-refractivity contribution in [1.82, 2.24) is 5.32 Å². The van der Waals surface area contributed by atoms with E-state index in [0.717, 1.165) is 12.7 Å². The summed E-state index contributed by atoms with van der Waals surface area (Å²) < 4.78 is 5.69. The van der Waals surface area contributed by atoms with Crippen LogP contribution >= 0.6 is 0 Å². The molecular weight excluding hydrogens is 170 g/mol. The van der Waals surface area contributed by atoms with Crippen LogP contribution in [0.3, 0.4) is 0 Å². The monoisotopic (exact) mass is 185 g/mol. The molecule has 2 unspecified atom stereocenters. The molecule has 0 aromatic rings. The van der Waals surface area contributed by atoms with E-state index in [1.54, 1.807) is 0 Å². The number of nitrogens with one attached hydrogen (secondary N) is 1. The molecule has 2 rings (SSSR count). The lowest BCUT2D eigenvalue weighted by molar-refractivity contribution is -0.113. The molecule has 0 aromatic carbocycles. The van der Waals surface area contributed by atoms with E-state index in [0.29, 0.717) is 0 Å². The molecule has 2 aliphatic heterocycles. The Hall–Kier alpha value is -0.450. The van der Waals surface area contributed by atoms with Crippen LogP contribution in [0, 0.1) is 5.92 Å². The summed E-state index contributed by atoms with van der Waals surface area (Å²) in [5.74, 6) is 0.0604. The van der Waals surface area contributed by atoms with Crippen molar-refractivity contribution in [2.24, 2.45) is 5.92 Å². The van der Waals surface area contributed by atoms with Crippen LogP contribution in [0.2, 0.25) is 0 Å². The highest BCUT2D eigenvalue weighted by molar-refractivity contribution is 5.60. The van der Waals surface area contributed by atoms with Gasteiger partial charge in [0.1, 0.15) is 12.5 Å². The van der Waals surface area contributed by atoms with Gasteiger partial charge in [0.25, 0.3) is 0 Å². The number of carbonyl (C=O) groups excluding carboxylic acids is 1. The van der Waals surface area contributed by atoms with Gasteiger partial charge in [-0.3, -0.25) is 5.32 Å². The molecule has 13 heavy (non-hydrogen) atoms. The van der Waals surface area contributed by atoms with E-state index in [-0.39, 0.29) is 23.7 Å². The van der Waals surface area contributed by atoms with E-state index in [1.165, 1.54) is 0 Å². The minimum absolute atomic E-state index is 0.0604. The van der Waals surface area contributed by atoms with Gasteiger partial charge in [-0.1, -0.05) is 0 Å². The summed E-state index contributed by atoms with van der Waals surface area (Å²) in [5.41, 5.74) is -0.209. The molecule has 4 nitrogen and oxygen atoms in total. The van der Waals surface area contributed by atoms with Crippen LogP contribution < -0.4 is 5.32 Å². The van der Waals surface area contributed by atoms with Gasteiger partial charge in [0.2, 0.25) is 0 Å². The van der Waals surface area contributed by atoms with E-state index in [2.05, 4.69) is 5.32 Å². The standard InChI is InChI=1S/C9H15NO3/c1-9(2)3-5-7(13-9)6(4-11)10-8(5)12/h4-8,10,12H,3H2,1-2H3/t5-,6-,7?,8?/m1/s1. The van der Waals surface area contributed by atoms with E-state index in [4.69, 9.17) is 4.74 Å². The summed E-state index contributed by atoms with van der Waals surface area (Å²) >= 11 is 0. The van der Waals surface area contributed by atoms with Crippen molar-refractivity contribution in [3.8, 4) is 0 Å². The molecule has 2 aliphatic rings. The molecular formula is C9H15NO3. The molecule has 2 fully saturated rings. The predicted molar refractivity (Wildman–Crippen MR) is 46.1 cm³/mol. The number of carbonyl (C=O) groups is 1. The lowest BCUT2D eigenvalue weighted by Gasteiger charge is -2.21. The SMILES string of the molecule is CC1(C)C[C@H]2C(O)N[C@H](C=O)C2O1. The van der Waals surface area contributed by atoms with Crippen molar-refractivity contribution in [1.29, 1.82) is 0 Å². The number of hydrogen-bond donors (Lipinski definition) is 2. The summed E-state index contributed by atoms with van der Waals surface area (Å²) in [7, 11) is 0. The topological polar surface area (TPSA) is 58.6 Å². The third kappa shape index (κ3) is 1.39. The Bertz CT molecular complexity index is 229. The zero-order valence-corrected chi connectivity index (χ0v) is 7.86. The van der Waals surface area contributed by atoms with Crippen LogP contribution in [0.15, 0.2) is 0 Å². The van der Waals surface area contributed by atoms with Crippen LogP contribution in [0.1, 0.15) is 20.3 Å². The molecule has 2 saturated heterocycles. The minimum Gasteiger partial charge on any atom is -0.378 e. The smallest absolute Gasteiger partial charge is 0.139 e. The van der Waals surface area contributed by atoms with E-state index in [9.17, 15) is 9.90 Å². The first-order valence-electron chi connectivity index (χ1n) is 4.61. The van der Waals surface area contributed by atoms with Gasteiger partial charge in [0, 0.05) is 5.92 Å². The van der Waals surface area contributed by atoms with Crippen molar-refractivity contribution < 1.29 is 14.6 Å². The number of aliphatic hydroxyl groups is 1. The first kappa shape index (κ1) is 9.12. The summed E-state index contributed by atoms with van der Waals surface area (Å²) in [6.07, 6.45) is 0.871. The quantitative estimate of drug-likeness (QED) is 0.549. The Morgan fingerprint density at radius 3 is 2.92 bits per heavy atom. The zero-order chi connectivity index (χ0) is 9.64. The van der Waals surface area contributed by atoms with Gasteiger partial charge in [0.05, 0.1) is 17.7 Å².